The van der Waals surface area contributed by atoms with Gasteiger partial charge in [-0.25, -0.2) is 8.42 Å². The van der Waals surface area contributed by atoms with Gasteiger partial charge in [0.05, 0.1) is 24.8 Å². The highest BCUT2D eigenvalue weighted by Crippen LogP contribution is 2.21. The first kappa shape index (κ1) is 16.5. The number of hydrogen-bond donors (Lipinski definition) is 0. The quantitative estimate of drug-likeness (QED) is 0.817. The van der Waals surface area contributed by atoms with Gasteiger partial charge in [0.1, 0.15) is 18.1 Å². The van der Waals surface area contributed by atoms with E-state index >= 15 is 0 Å². The number of sulfonamides is 1. The number of nitriles is 1. The summed E-state index contributed by atoms with van der Waals surface area (Å²) in [5.74, 6) is 0.909. The summed E-state index contributed by atoms with van der Waals surface area (Å²) < 4.78 is 42.4. The lowest BCUT2D eigenvalue weighted by atomic mass is 10.2. The van der Waals surface area contributed by atoms with E-state index in [1.54, 1.807) is 30.3 Å². The first-order valence-electron chi connectivity index (χ1n) is 7.39. The molecule has 0 bridgehead atoms. The van der Waals surface area contributed by atoms with Crippen molar-refractivity contribution in [2.24, 2.45) is 0 Å². The second-order valence-electron chi connectivity index (χ2n) is 5.17. The lowest BCUT2D eigenvalue weighted by Crippen LogP contribution is -2.40. The van der Waals surface area contributed by atoms with Crippen LogP contribution in [0.3, 0.4) is 0 Å². The third-order valence-corrected chi connectivity index (χ3v) is 5.32. The zero-order chi connectivity index (χ0) is 17.0. The molecule has 0 unspecified atom stereocenters. The molecule has 24 heavy (non-hydrogen) atoms. The fourth-order valence-electron chi connectivity index (χ4n) is 2.30. The molecule has 1 aliphatic heterocycles. The molecule has 0 aliphatic carbocycles. The molecular weight excluding hydrogens is 332 g/mol. The van der Waals surface area contributed by atoms with Gasteiger partial charge in [-0.3, -0.25) is 0 Å². The first-order chi connectivity index (χ1) is 11.6. The molecule has 0 spiro atoms. The van der Waals surface area contributed by atoms with Crippen LogP contribution in [0.25, 0.3) is 0 Å². The van der Waals surface area contributed by atoms with Gasteiger partial charge in [-0.05, 0) is 30.3 Å². The predicted octanol–water partition coefficient (Wildman–Crippen LogP) is 1.75. The highest BCUT2D eigenvalue weighted by atomic mass is 32.2. The Bertz CT molecular complexity index is 847. The van der Waals surface area contributed by atoms with Crippen molar-refractivity contribution in [3.63, 3.8) is 0 Å². The summed E-state index contributed by atoms with van der Waals surface area (Å²) in [5.41, 5.74) is 0.488. The van der Waals surface area contributed by atoms with Crippen LogP contribution in [0, 0.1) is 11.3 Å². The van der Waals surface area contributed by atoms with Crippen LogP contribution in [-0.2, 0) is 21.4 Å². The minimum Gasteiger partial charge on any atom is -0.486 e. The zero-order valence-corrected chi connectivity index (χ0v) is 13.7. The summed E-state index contributed by atoms with van der Waals surface area (Å²) in [7, 11) is -3.65. The van der Waals surface area contributed by atoms with Gasteiger partial charge < -0.3 is 13.9 Å². The van der Waals surface area contributed by atoms with Crippen LogP contribution in [0.2, 0.25) is 0 Å². The second-order valence-corrected chi connectivity index (χ2v) is 7.03. The van der Waals surface area contributed by atoms with Crippen LogP contribution in [0.4, 0.5) is 0 Å². The van der Waals surface area contributed by atoms with Crippen molar-refractivity contribution in [1.82, 2.24) is 4.31 Å². The number of rotatable bonds is 5. The third-order valence-electron chi connectivity index (χ3n) is 3.55. The molecule has 2 heterocycles. The summed E-state index contributed by atoms with van der Waals surface area (Å²) in [6, 6.07) is 11.7. The molecule has 0 radical (unpaired) electrons. The van der Waals surface area contributed by atoms with E-state index in [-0.39, 0.29) is 11.7 Å². The van der Waals surface area contributed by atoms with Gasteiger partial charge in [-0.2, -0.15) is 9.57 Å². The maximum absolute atomic E-state index is 12.5. The highest BCUT2D eigenvalue weighted by molar-refractivity contribution is 7.89. The van der Waals surface area contributed by atoms with Gasteiger partial charge in [0.15, 0.2) is 0 Å². The van der Waals surface area contributed by atoms with Crippen LogP contribution in [0.5, 0.6) is 5.75 Å². The molecule has 7 nitrogen and oxygen atoms in total. The fraction of sp³-hybridized carbons (Fsp3) is 0.312. The molecule has 0 N–H and O–H groups in total. The largest absolute Gasteiger partial charge is 0.486 e. The normalized spacial score (nSPS) is 15.8. The van der Waals surface area contributed by atoms with E-state index in [9.17, 15) is 8.42 Å². The molecule has 8 heteroatoms. The molecule has 1 aromatic heterocycles. The van der Waals surface area contributed by atoms with E-state index in [0.29, 0.717) is 43.4 Å². The summed E-state index contributed by atoms with van der Waals surface area (Å²) in [6.07, 6.45) is 0. The summed E-state index contributed by atoms with van der Waals surface area (Å²) in [6.45, 7) is 1.47. The standard InChI is InChI=1S/C16H16N2O5S/c17-11-13-2-1-3-14(10-13)22-12-15-4-5-16(23-15)24(19,20)18-6-8-21-9-7-18/h1-5,10H,6-9,12H2. The highest BCUT2D eigenvalue weighted by Gasteiger charge is 2.29. The molecule has 0 amide bonds. The molecule has 1 saturated heterocycles. The van der Waals surface area contributed by atoms with E-state index in [1.165, 1.54) is 10.4 Å². The molecule has 1 aliphatic rings. The van der Waals surface area contributed by atoms with E-state index in [2.05, 4.69) is 0 Å². The molecule has 1 aromatic carbocycles. The van der Waals surface area contributed by atoms with Gasteiger partial charge in [0.25, 0.3) is 10.0 Å². The Kier molecular flexibility index (Phi) is 4.85. The van der Waals surface area contributed by atoms with Crippen LogP contribution < -0.4 is 4.74 Å². The van der Waals surface area contributed by atoms with Crippen LogP contribution in [0.1, 0.15) is 11.3 Å². The van der Waals surface area contributed by atoms with Gasteiger partial charge >= 0.3 is 0 Å². The van der Waals surface area contributed by atoms with Crippen molar-refractivity contribution >= 4 is 10.0 Å². The third kappa shape index (κ3) is 3.59. The SMILES string of the molecule is N#Cc1cccc(OCc2ccc(S(=O)(=O)N3CCOCC3)o2)c1. The monoisotopic (exact) mass is 348 g/mol. The van der Waals surface area contributed by atoms with Gasteiger partial charge in [0.2, 0.25) is 5.09 Å². The van der Waals surface area contributed by atoms with Crippen LogP contribution >= 0.6 is 0 Å². The van der Waals surface area contributed by atoms with E-state index in [1.807, 2.05) is 6.07 Å². The average molecular weight is 348 g/mol. The van der Waals surface area contributed by atoms with E-state index in [0.717, 1.165) is 0 Å². The molecule has 126 valence electrons. The van der Waals surface area contributed by atoms with Crippen LogP contribution in [-0.4, -0.2) is 39.0 Å². The van der Waals surface area contributed by atoms with Crippen molar-refractivity contribution in [2.45, 2.75) is 11.7 Å². The Balaban J connectivity index is 1.68. The minimum absolute atomic E-state index is 0.0769. The number of benzene rings is 1. The Hall–Kier alpha value is -2.34. The Morgan fingerprint density at radius 3 is 2.75 bits per heavy atom. The Labute approximate surface area is 140 Å². The Morgan fingerprint density at radius 1 is 1.21 bits per heavy atom. The van der Waals surface area contributed by atoms with Crippen LogP contribution in [0.15, 0.2) is 45.9 Å². The maximum Gasteiger partial charge on any atom is 0.276 e. The number of ether oxygens (including phenoxy) is 2. The summed E-state index contributed by atoms with van der Waals surface area (Å²) >= 11 is 0. The molecule has 1 fully saturated rings. The topological polar surface area (TPSA) is 92.8 Å². The molecule has 2 aromatic rings. The summed E-state index contributed by atoms with van der Waals surface area (Å²) in [5, 5.41) is 8.76. The number of morpholine rings is 1. The lowest BCUT2D eigenvalue weighted by Gasteiger charge is -2.24. The Morgan fingerprint density at radius 2 is 2.00 bits per heavy atom. The molecule has 3 rings (SSSR count). The van der Waals surface area contributed by atoms with Crippen molar-refractivity contribution in [3.05, 3.63) is 47.7 Å². The van der Waals surface area contributed by atoms with E-state index in [4.69, 9.17) is 19.2 Å². The minimum atomic E-state index is -3.65. The second kappa shape index (κ2) is 7.05. The molecule has 0 atom stereocenters. The molecular formula is C16H16N2O5S. The maximum atomic E-state index is 12.5. The lowest BCUT2D eigenvalue weighted by molar-refractivity contribution is 0.0723. The van der Waals surface area contributed by atoms with E-state index < -0.39 is 10.0 Å². The number of furan rings is 1. The number of hydrogen-bond acceptors (Lipinski definition) is 6. The van der Waals surface area contributed by atoms with Crippen molar-refractivity contribution in [1.29, 1.82) is 5.26 Å². The van der Waals surface area contributed by atoms with Gasteiger partial charge in [-0.15, -0.1) is 0 Å². The summed E-state index contributed by atoms with van der Waals surface area (Å²) in [4.78, 5) is 0. The van der Waals surface area contributed by atoms with Gasteiger partial charge in [0, 0.05) is 13.1 Å². The molecule has 0 saturated carbocycles. The first-order valence-corrected chi connectivity index (χ1v) is 8.83. The fourth-order valence-corrected chi connectivity index (χ4v) is 3.64. The predicted molar refractivity (Wildman–Crippen MR) is 83.8 cm³/mol. The van der Waals surface area contributed by atoms with Crippen molar-refractivity contribution < 1.29 is 22.3 Å². The van der Waals surface area contributed by atoms with Crippen molar-refractivity contribution in [2.75, 3.05) is 26.3 Å². The average Bonchev–Trinajstić information content (AvgIpc) is 3.11. The van der Waals surface area contributed by atoms with Crippen molar-refractivity contribution in [3.8, 4) is 11.8 Å². The zero-order valence-electron chi connectivity index (χ0n) is 12.8. The smallest absolute Gasteiger partial charge is 0.276 e. The number of nitrogens with zero attached hydrogens (tertiary/aromatic N) is 2. The van der Waals surface area contributed by atoms with Gasteiger partial charge in [-0.1, -0.05) is 6.07 Å².